The van der Waals surface area contributed by atoms with E-state index in [4.69, 9.17) is 0 Å². The predicted molar refractivity (Wildman–Crippen MR) is 110 cm³/mol. The van der Waals surface area contributed by atoms with E-state index in [2.05, 4.69) is 39.8 Å². The molecular weight excluding hydrogens is 372 g/mol. The Morgan fingerprint density at radius 1 is 1.39 bits per heavy atom. The van der Waals surface area contributed by atoms with Crippen molar-refractivity contribution in [2.24, 2.45) is 0 Å². The van der Waals surface area contributed by atoms with Crippen LogP contribution in [0.4, 0.5) is 0 Å². The lowest BCUT2D eigenvalue weighted by Gasteiger charge is -2.14. The molecule has 3 aromatic rings. The van der Waals surface area contributed by atoms with Gasteiger partial charge in [0.25, 0.3) is 0 Å². The average molecular weight is 397 g/mol. The van der Waals surface area contributed by atoms with Crippen molar-refractivity contribution in [3.8, 4) is 11.3 Å². The maximum atomic E-state index is 11.9. The van der Waals surface area contributed by atoms with Crippen LogP contribution in [0.5, 0.6) is 0 Å². The Morgan fingerprint density at radius 2 is 2.29 bits per heavy atom. The summed E-state index contributed by atoms with van der Waals surface area (Å²) < 4.78 is 1.67. The van der Waals surface area contributed by atoms with Crippen molar-refractivity contribution >= 4 is 17.3 Å². The Kier molecular flexibility index (Phi) is 5.54. The van der Waals surface area contributed by atoms with Gasteiger partial charge in [-0.3, -0.25) is 9.67 Å². The fraction of sp³-hybridized carbons (Fsp3) is 0.381. The second-order valence-electron chi connectivity index (χ2n) is 7.21. The summed E-state index contributed by atoms with van der Waals surface area (Å²) in [4.78, 5) is 17.5. The first-order valence-corrected chi connectivity index (χ1v) is 10.5. The minimum Gasteiger partial charge on any atom is -0.477 e. The van der Waals surface area contributed by atoms with Crippen molar-refractivity contribution in [1.82, 2.24) is 20.1 Å². The molecule has 0 aromatic carbocycles. The highest BCUT2D eigenvalue weighted by atomic mass is 32.1. The fourth-order valence-corrected chi connectivity index (χ4v) is 4.60. The Balaban J connectivity index is 1.41. The summed E-state index contributed by atoms with van der Waals surface area (Å²) in [7, 11) is 0. The summed E-state index contributed by atoms with van der Waals surface area (Å²) in [5, 5.41) is 20.0. The van der Waals surface area contributed by atoms with Crippen molar-refractivity contribution in [3.05, 3.63) is 57.7 Å². The smallest absolute Gasteiger partial charge is 0.354 e. The summed E-state index contributed by atoms with van der Waals surface area (Å²) in [6.45, 7) is 4.56. The number of thiophene rings is 1. The highest BCUT2D eigenvalue weighted by Gasteiger charge is 2.27. The Morgan fingerprint density at radius 3 is 3.07 bits per heavy atom. The molecule has 3 aromatic heterocycles. The number of pyridine rings is 1. The fourth-order valence-electron chi connectivity index (χ4n) is 3.82. The van der Waals surface area contributed by atoms with Crippen LogP contribution in [0.3, 0.4) is 0 Å². The van der Waals surface area contributed by atoms with Gasteiger partial charge in [-0.2, -0.15) is 5.10 Å². The quantitative estimate of drug-likeness (QED) is 0.569. The molecule has 1 aliphatic carbocycles. The number of hydrogen-bond acceptors (Lipinski definition) is 5. The zero-order valence-corrected chi connectivity index (χ0v) is 16.7. The molecule has 146 valence electrons. The van der Waals surface area contributed by atoms with Gasteiger partial charge in [-0.05, 0) is 48.9 Å². The molecule has 0 spiro atoms. The lowest BCUT2D eigenvalue weighted by Crippen LogP contribution is -2.22. The highest BCUT2D eigenvalue weighted by molar-refractivity contribution is 7.10. The molecule has 2 N–H and O–H groups in total. The number of aryl methyl sites for hydroxylation is 2. The topological polar surface area (TPSA) is 80.0 Å². The van der Waals surface area contributed by atoms with Crippen LogP contribution in [-0.4, -0.2) is 38.9 Å². The Bertz CT molecular complexity index is 965. The molecule has 1 atom stereocenters. The average Bonchev–Trinajstić information content (AvgIpc) is 3.35. The predicted octanol–water partition coefficient (Wildman–Crippen LogP) is 3.59. The SMILES string of the molecule is CC(CNCCCn1nc2c(c1C(=O)O)CCc1cnccc1-2)c1cccs1. The van der Waals surface area contributed by atoms with Gasteiger partial charge in [0.05, 0.1) is 5.69 Å². The molecule has 0 aliphatic heterocycles. The molecule has 1 aliphatic rings. The summed E-state index contributed by atoms with van der Waals surface area (Å²) in [5.41, 5.74) is 4.15. The first-order chi connectivity index (χ1) is 13.6. The molecule has 6 nitrogen and oxygen atoms in total. The second-order valence-corrected chi connectivity index (χ2v) is 8.19. The normalized spacial score (nSPS) is 13.8. The highest BCUT2D eigenvalue weighted by Crippen LogP contribution is 2.34. The third-order valence-electron chi connectivity index (χ3n) is 5.26. The van der Waals surface area contributed by atoms with E-state index in [1.807, 2.05) is 12.3 Å². The van der Waals surface area contributed by atoms with Crippen LogP contribution in [0, 0.1) is 0 Å². The van der Waals surface area contributed by atoms with Crippen molar-refractivity contribution < 1.29 is 9.90 Å². The molecule has 0 bridgehead atoms. The van der Waals surface area contributed by atoms with E-state index < -0.39 is 5.97 Å². The van der Waals surface area contributed by atoms with Crippen molar-refractivity contribution in [3.63, 3.8) is 0 Å². The van der Waals surface area contributed by atoms with E-state index in [-0.39, 0.29) is 0 Å². The van der Waals surface area contributed by atoms with Crippen LogP contribution in [0.15, 0.2) is 36.0 Å². The van der Waals surface area contributed by atoms with E-state index in [9.17, 15) is 9.90 Å². The third-order valence-corrected chi connectivity index (χ3v) is 6.36. The minimum absolute atomic E-state index is 0.337. The number of nitrogens with zero attached hydrogens (tertiary/aromatic N) is 3. The zero-order valence-electron chi connectivity index (χ0n) is 15.9. The summed E-state index contributed by atoms with van der Waals surface area (Å²) in [6.07, 6.45) is 5.94. The van der Waals surface area contributed by atoms with Gasteiger partial charge in [0, 0.05) is 47.4 Å². The molecule has 7 heteroatoms. The molecule has 0 saturated carbocycles. The monoisotopic (exact) mass is 396 g/mol. The van der Waals surface area contributed by atoms with Crippen LogP contribution >= 0.6 is 11.3 Å². The lowest BCUT2D eigenvalue weighted by atomic mass is 9.90. The van der Waals surface area contributed by atoms with Gasteiger partial charge in [0.2, 0.25) is 0 Å². The van der Waals surface area contributed by atoms with Crippen LogP contribution in [0.2, 0.25) is 0 Å². The number of aromatic carboxylic acids is 1. The largest absolute Gasteiger partial charge is 0.477 e. The van der Waals surface area contributed by atoms with Crippen LogP contribution in [-0.2, 0) is 19.4 Å². The van der Waals surface area contributed by atoms with Gasteiger partial charge in [-0.15, -0.1) is 11.3 Å². The van der Waals surface area contributed by atoms with Gasteiger partial charge >= 0.3 is 5.97 Å². The molecule has 0 fully saturated rings. The first-order valence-electron chi connectivity index (χ1n) is 9.65. The first kappa shape index (κ1) is 18.8. The number of fused-ring (bicyclic) bond motifs is 3. The molecule has 0 radical (unpaired) electrons. The van der Waals surface area contributed by atoms with Crippen molar-refractivity contribution in [1.29, 1.82) is 0 Å². The van der Waals surface area contributed by atoms with E-state index in [1.54, 1.807) is 22.2 Å². The number of rotatable bonds is 8. The van der Waals surface area contributed by atoms with E-state index in [0.29, 0.717) is 24.6 Å². The second kappa shape index (κ2) is 8.24. The van der Waals surface area contributed by atoms with E-state index in [0.717, 1.165) is 48.3 Å². The van der Waals surface area contributed by atoms with Crippen LogP contribution in [0.25, 0.3) is 11.3 Å². The van der Waals surface area contributed by atoms with E-state index in [1.165, 1.54) is 4.88 Å². The van der Waals surface area contributed by atoms with Gasteiger partial charge < -0.3 is 10.4 Å². The van der Waals surface area contributed by atoms with Gasteiger partial charge in [-0.25, -0.2) is 4.79 Å². The van der Waals surface area contributed by atoms with Crippen LogP contribution in [0.1, 0.15) is 45.8 Å². The number of carboxylic acid groups (broad SMARTS) is 1. The van der Waals surface area contributed by atoms with Crippen molar-refractivity contribution in [2.75, 3.05) is 13.1 Å². The molecule has 28 heavy (non-hydrogen) atoms. The maximum absolute atomic E-state index is 11.9. The number of hydrogen-bond donors (Lipinski definition) is 2. The summed E-state index contributed by atoms with van der Waals surface area (Å²) in [5.74, 6) is -0.415. The van der Waals surface area contributed by atoms with Crippen molar-refractivity contribution in [2.45, 2.75) is 38.6 Å². The molecule has 3 heterocycles. The Labute approximate surface area is 168 Å². The molecule has 0 amide bonds. The lowest BCUT2D eigenvalue weighted by molar-refractivity contribution is 0.0681. The minimum atomic E-state index is -0.898. The van der Waals surface area contributed by atoms with E-state index >= 15 is 0 Å². The number of carbonyl (C=O) groups is 1. The van der Waals surface area contributed by atoms with Gasteiger partial charge in [0.15, 0.2) is 0 Å². The molecule has 4 rings (SSSR count). The third kappa shape index (κ3) is 3.72. The standard InChI is InChI=1S/C21H24N4O2S/c1-14(18-4-2-11-28-18)12-22-8-3-10-25-20(21(26)27)17-6-5-15-13-23-9-7-16(15)19(17)24-25/h2,4,7,9,11,13-14,22H,3,5-6,8,10,12H2,1H3,(H,26,27). The molecule has 1 unspecified atom stereocenters. The zero-order chi connectivity index (χ0) is 19.5. The maximum Gasteiger partial charge on any atom is 0.354 e. The van der Waals surface area contributed by atoms with Gasteiger partial charge in [0.1, 0.15) is 5.69 Å². The number of aromatic nitrogens is 3. The van der Waals surface area contributed by atoms with Gasteiger partial charge in [-0.1, -0.05) is 13.0 Å². The van der Waals surface area contributed by atoms with Crippen LogP contribution < -0.4 is 5.32 Å². The summed E-state index contributed by atoms with van der Waals surface area (Å²) >= 11 is 1.78. The number of carboxylic acids is 1. The molecular formula is C21H24N4O2S. The molecule has 0 saturated heterocycles. The summed E-state index contributed by atoms with van der Waals surface area (Å²) in [6, 6.07) is 6.18. The number of nitrogens with one attached hydrogen (secondary N) is 1. The Hall–Kier alpha value is -2.51.